The van der Waals surface area contributed by atoms with Gasteiger partial charge in [-0.15, -0.1) is 0 Å². The maximum Gasteiger partial charge on any atom is 0.313 e. The number of fused-ring (bicyclic) bond motifs is 2. The minimum Gasteiger partial charge on any atom is -0.460 e. The molecule has 2 fully saturated rings. The van der Waals surface area contributed by atoms with Gasteiger partial charge in [-0.25, -0.2) is 0 Å². The topological polar surface area (TPSA) is 125 Å². The van der Waals surface area contributed by atoms with Crippen molar-refractivity contribution in [2.24, 2.45) is 11.8 Å². The molecule has 0 aromatic heterocycles. The zero-order valence-electron chi connectivity index (χ0n) is 19.8. The first-order valence-electron chi connectivity index (χ1n) is 11.9. The van der Waals surface area contributed by atoms with Crippen molar-refractivity contribution in [3.8, 4) is 0 Å². The maximum absolute atomic E-state index is 13.9. The Morgan fingerprint density at radius 1 is 1.21 bits per heavy atom. The van der Waals surface area contributed by atoms with E-state index in [0.29, 0.717) is 13.0 Å². The molecule has 0 saturated carbocycles. The molecule has 2 saturated heterocycles. The SMILES string of the molecule is CC(C)N1C/C=C\CCC(=O)NC[C@@H](C)OC(=O)[C@@H]2[C@@H]3C=C[C@]4(O3)[C@H](C1=O)N(CCO)C(=O)[C@@H]24. The number of cyclic esters (lactones) is 1. The lowest BCUT2D eigenvalue weighted by Gasteiger charge is -2.37. The Kier molecular flexibility index (Phi) is 6.82. The van der Waals surface area contributed by atoms with Gasteiger partial charge in [-0.3, -0.25) is 19.2 Å². The molecule has 10 nitrogen and oxygen atoms in total. The van der Waals surface area contributed by atoms with Crippen LogP contribution in [0, 0.1) is 11.8 Å². The summed E-state index contributed by atoms with van der Waals surface area (Å²) >= 11 is 0. The van der Waals surface area contributed by atoms with Crippen molar-refractivity contribution in [3.63, 3.8) is 0 Å². The zero-order chi connectivity index (χ0) is 24.6. The number of hydrogen-bond acceptors (Lipinski definition) is 7. The molecule has 4 aliphatic rings. The highest BCUT2D eigenvalue weighted by atomic mass is 16.6. The van der Waals surface area contributed by atoms with Crippen LogP contribution in [-0.2, 0) is 28.7 Å². The maximum atomic E-state index is 13.9. The molecule has 0 aromatic rings. The molecule has 10 heteroatoms. The van der Waals surface area contributed by atoms with Crippen LogP contribution in [-0.4, -0.2) is 94.7 Å². The summed E-state index contributed by atoms with van der Waals surface area (Å²) in [6.07, 6.45) is 6.65. The summed E-state index contributed by atoms with van der Waals surface area (Å²) in [7, 11) is 0. The van der Waals surface area contributed by atoms with Crippen LogP contribution >= 0.6 is 0 Å². The summed E-state index contributed by atoms with van der Waals surface area (Å²) < 4.78 is 11.8. The van der Waals surface area contributed by atoms with Crippen LogP contribution < -0.4 is 5.32 Å². The zero-order valence-corrected chi connectivity index (χ0v) is 19.8. The monoisotopic (exact) mass is 475 g/mol. The smallest absolute Gasteiger partial charge is 0.313 e. The molecule has 186 valence electrons. The third-order valence-electron chi connectivity index (χ3n) is 7.04. The largest absolute Gasteiger partial charge is 0.460 e. The molecular formula is C24H33N3O7. The second kappa shape index (κ2) is 9.50. The van der Waals surface area contributed by atoms with Crippen LogP contribution in [0.5, 0.6) is 0 Å². The molecule has 34 heavy (non-hydrogen) atoms. The Morgan fingerprint density at radius 2 is 1.97 bits per heavy atom. The number of nitrogens with one attached hydrogen (secondary N) is 1. The predicted octanol–water partition coefficient (Wildman–Crippen LogP) is -0.236. The van der Waals surface area contributed by atoms with Crippen LogP contribution in [0.3, 0.4) is 0 Å². The number of esters is 1. The number of aliphatic hydroxyl groups excluding tert-OH is 1. The summed E-state index contributed by atoms with van der Waals surface area (Å²) in [4.78, 5) is 55.7. The van der Waals surface area contributed by atoms with E-state index in [1.54, 1.807) is 24.0 Å². The predicted molar refractivity (Wildman–Crippen MR) is 120 cm³/mol. The number of aliphatic hydroxyl groups is 1. The van der Waals surface area contributed by atoms with E-state index in [1.807, 2.05) is 26.0 Å². The lowest BCUT2D eigenvalue weighted by atomic mass is 9.74. The van der Waals surface area contributed by atoms with Crippen molar-refractivity contribution in [1.82, 2.24) is 15.1 Å². The number of carbonyl (C=O) groups excluding carboxylic acids is 4. The number of nitrogens with zero attached hydrogens (tertiary/aromatic N) is 2. The molecule has 4 heterocycles. The van der Waals surface area contributed by atoms with Gasteiger partial charge < -0.3 is 29.7 Å². The number of allylic oxidation sites excluding steroid dienone is 1. The van der Waals surface area contributed by atoms with Crippen molar-refractivity contribution >= 4 is 23.7 Å². The fourth-order valence-electron chi connectivity index (χ4n) is 5.46. The molecule has 0 aromatic carbocycles. The molecule has 6 atom stereocenters. The van der Waals surface area contributed by atoms with Gasteiger partial charge in [-0.2, -0.15) is 0 Å². The van der Waals surface area contributed by atoms with Crippen LogP contribution in [0.2, 0.25) is 0 Å². The summed E-state index contributed by atoms with van der Waals surface area (Å²) in [6.45, 7) is 5.54. The number of hydrogen-bond donors (Lipinski definition) is 2. The standard InChI is InChI=1S/C24H33N3O7/c1-14(2)26-10-6-4-5-7-17(29)25-13-15(3)33-23(32)18-16-8-9-24(34-16)19(18)21(30)27(11-12-28)20(24)22(26)31/h4,6,8-9,14-16,18-20,28H,5,7,10-13H2,1-3H3,(H,25,29)/b6-4-/t15-,16+,18-,19-,20+,24-/m1/s1. The van der Waals surface area contributed by atoms with Crippen molar-refractivity contribution in [2.45, 2.75) is 63.5 Å². The number of likely N-dealkylation sites (tertiary alicyclic amines) is 1. The average molecular weight is 476 g/mol. The van der Waals surface area contributed by atoms with Gasteiger partial charge in [0.2, 0.25) is 17.7 Å². The molecule has 5 bridgehead atoms. The van der Waals surface area contributed by atoms with Crippen molar-refractivity contribution in [2.75, 3.05) is 26.2 Å². The van der Waals surface area contributed by atoms with E-state index >= 15 is 0 Å². The first kappa shape index (κ1) is 24.4. The van der Waals surface area contributed by atoms with Crippen molar-refractivity contribution in [1.29, 1.82) is 0 Å². The van der Waals surface area contributed by atoms with Crippen LogP contribution in [0.15, 0.2) is 24.3 Å². The van der Waals surface area contributed by atoms with Gasteiger partial charge in [0.1, 0.15) is 23.7 Å². The molecule has 4 rings (SSSR count). The van der Waals surface area contributed by atoms with E-state index in [-0.39, 0.29) is 44.0 Å². The molecule has 2 N–H and O–H groups in total. The first-order valence-corrected chi connectivity index (χ1v) is 11.9. The Balaban J connectivity index is 1.74. The minimum absolute atomic E-state index is 0.0403. The number of amides is 3. The van der Waals surface area contributed by atoms with Crippen molar-refractivity contribution in [3.05, 3.63) is 24.3 Å². The van der Waals surface area contributed by atoms with E-state index in [0.717, 1.165) is 0 Å². The van der Waals surface area contributed by atoms with Gasteiger partial charge in [0.05, 0.1) is 25.2 Å². The number of ether oxygens (including phenoxy) is 2. The van der Waals surface area contributed by atoms with E-state index in [1.165, 1.54) is 4.90 Å². The summed E-state index contributed by atoms with van der Waals surface area (Å²) in [5, 5.41) is 12.4. The van der Waals surface area contributed by atoms with Gasteiger partial charge in [-0.05, 0) is 27.2 Å². The normalized spacial score (nSPS) is 37.3. The van der Waals surface area contributed by atoms with Gasteiger partial charge in [0.15, 0.2) is 0 Å². The summed E-state index contributed by atoms with van der Waals surface area (Å²) in [5.41, 5.74) is -1.29. The van der Waals surface area contributed by atoms with E-state index in [9.17, 15) is 24.3 Å². The molecule has 0 unspecified atom stereocenters. The van der Waals surface area contributed by atoms with Gasteiger partial charge >= 0.3 is 5.97 Å². The molecule has 1 spiro atoms. The highest BCUT2D eigenvalue weighted by Crippen LogP contribution is 2.55. The lowest BCUT2D eigenvalue weighted by Crippen LogP contribution is -2.57. The first-order chi connectivity index (χ1) is 16.2. The minimum atomic E-state index is -1.29. The highest BCUT2D eigenvalue weighted by Gasteiger charge is 2.73. The third-order valence-corrected chi connectivity index (χ3v) is 7.04. The summed E-state index contributed by atoms with van der Waals surface area (Å²) in [5.74, 6) is -3.29. The van der Waals surface area contributed by atoms with Gasteiger partial charge in [-0.1, -0.05) is 24.3 Å². The van der Waals surface area contributed by atoms with Crippen LogP contribution in [0.4, 0.5) is 0 Å². The summed E-state index contributed by atoms with van der Waals surface area (Å²) in [6, 6.07) is -1.17. The fraction of sp³-hybridized carbons (Fsp3) is 0.667. The van der Waals surface area contributed by atoms with Crippen LogP contribution in [0.25, 0.3) is 0 Å². The molecule has 0 radical (unpaired) electrons. The van der Waals surface area contributed by atoms with Gasteiger partial charge in [0, 0.05) is 25.6 Å². The van der Waals surface area contributed by atoms with Crippen LogP contribution in [0.1, 0.15) is 33.6 Å². The highest BCUT2D eigenvalue weighted by molar-refractivity contribution is 5.99. The Bertz CT molecular complexity index is 916. The van der Waals surface area contributed by atoms with E-state index in [4.69, 9.17) is 9.47 Å². The second-order valence-corrected chi connectivity index (χ2v) is 9.60. The molecule has 3 amide bonds. The number of carbonyl (C=O) groups is 4. The average Bonchev–Trinajstić information content (AvgIpc) is 3.41. The van der Waals surface area contributed by atoms with E-state index < -0.39 is 47.6 Å². The fourth-order valence-corrected chi connectivity index (χ4v) is 5.46. The second-order valence-electron chi connectivity index (χ2n) is 9.60. The number of β-amino-alcohol motifs (C(OH)–C–C–N with tert-alkyl or cyclic N) is 1. The van der Waals surface area contributed by atoms with Crippen molar-refractivity contribution < 1.29 is 33.8 Å². The number of rotatable bonds is 3. The quantitative estimate of drug-likeness (QED) is 0.426. The van der Waals surface area contributed by atoms with E-state index in [2.05, 4.69) is 5.32 Å². The molecule has 4 aliphatic heterocycles. The van der Waals surface area contributed by atoms with Gasteiger partial charge in [0.25, 0.3) is 0 Å². The molecule has 0 aliphatic carbocycles. The third kappa shape index (κ3) is 4.02. The Hall–Kier alpha value is -2.72. The Labute approximate surface area is 198 Å². The Morgan fingerprint density at radius 3 is 2.68 bits per heavy atom. The molecular weight excluding hydrogens is 442 g/mol. The lowest BCUT2D eigenvalue weighted by molar-refractivity contribution is -0.158.